The molecule has 0 amide bonds. The first-order valence-corrected chi connectivity index (χ1v) is 8.55. The molecule has 0 saturated heterocycles. The van der Waals surface area contributed by atoms with Crippen LogP contribution in [-0.4, -0.2) is 19.4 Å². The lowest BCUT2D eigenvalue weighted by Gasteiger charge is -2.14. The molecule has 0 unspecified atom stereocenters. The molecule has 5 rings (SSSR count). The van der Waals surface area contributed by atoms with Crippen molar-refractivity contribution in [2.45, 2.75) is 0 Å². The van der Waals surface area contributed by atoms with Crippen LogP contribution in [0.4, 0.5) is 14.6 Å². The molecule has 0 saturated carbocycles. The van der Waals surface area contributed by atoms with Crippen LogP contribution in [0.5, 0.6) is 0 Å². The predicted octanol–water partition coefficient (Wildman–Crippen LogP) is 4.47. The Hall–Kier alpha value is -3.87. The highest BCUT2D eigenvalue weighted by molar-refractivity contribution is 5.89. The number of nitrogens with zero attached hydrogens (tertiary/aromatic N) is 4. The zero-order valence-corrected chi connectivity index (χ0v) is 14.5. The molecule has 2 N–H and O–H groups in total. The second-order valence-electron chi connectivity index (χ2n) is 6.36. The van der Waals surface area contributed by atoms with E-state index in [-0.39, 0.29) is 11.3 Å². The summed E-state index contributed by atoms with van der Waals surface area (Å²) in [7, 11) is 0. The van der Waals surface area contributed by atoms with Crippen LogP contribution in [-0.2, 0) is 0 Å². The van der Waals surface area contributed by atoms with Crippen LogP contribution in [0.1, 0.15) is 0 Å². The minimum atomic E-state index is -0.455. The molecule has 5 nitrogen and oxygen atoms in total. The third-order valence-corrected chi connectivity index (χ3v) is 4.60. The van der Waals surface area contributed by atoms with E-state index in [1.54, 1.807) is 47.3 Å². The number of nitrogen functional groups attached to an aromatic ring is 1. The number of pyridine rings is 1. The van der Waals surface area contributed by atoms with Gasteiger partial charge in [-0.2, -0.15) is 0 Å². The molecule has 0 atom stereocenters. The first kappa shape index (κ1) is 16.3. The SMILES string of the molecule is Nc1nc(-c2cccc(F)c2)c(-c2cc(F)c3ncccc3c2)n2ccnc12. The largest absolute Gasteiger partial charge is 0.381 e. The van der Waals surface area contributed by atoms with E-state index in [0.717, 1.165) is 0 Å². The second kappa shape index (κ2) is 6.09. The van der Waals surface area contributed by atoms with Gasteiger partial charge in [0.15, 0.2) is 11.5 Å². The van der Waals surface area contributed by atoms with Gasteiger partial charge in [-0.25, -0.2) is 18.7 Å². The van der Waals surface area contributed by atoms with Crippen LogP contribution >= 0.6 is 0 Å². The maximum Gasteiger partial charge on any atom is 0.180 e. The van der Waals surface area contributed by atoms with E-state index < -0.39 is 11.6 Å². The minimum absolute atomic E-state index is 0.205. The zero-order valence-electron chi connectivity index (χ0n) is 14.5. The van der Waals surface area contributed by atoms with Gasteiger partial charge in [0.1, 0.15) is 17.2 Å². The van der Waals surface area contributed by atoms with Crippen molar-refractivity contribution in [2.75, 3.05) is 5.73 Å². The smallest absolute Gasteiger partial charge is 0.180 e. The van der Waals surface area contributed by atoms with Crippen LogP contribution in [0.2, 0.25) is 0 Å². The highest BCUT2D eigenvalue weighted by atomic mass is 19.1. The van der Waals surface area contributed by atoms with Gasteiger partial charge in [-0.1, -0.05) is 18.2 Å². The third-order valence-electron chi connectivity index (χ3n) is 4.60. The highest BCUT2D eigenvalue weighted by Gasteiger charge is 2.19. The summed E-state index contributed by atoms with van der Waals surface area (Å²) in [5.74, 6) is -0.650. The summed E-state index contributed by atoms with van der Waals surface area (Å²) in [4.78, 5) is 12.8. The average molecular weight is 373 g/mol. The Morgan fingerprint density at radius 3 is 2.64 bits per heavy atom. The van der Waals surface area contributed by atoms with Crippen molar-refractivity contribution in [3.05, 3.63) is 78.8 Å². The van der Waals surface area contributed by atoms with Crippen LogP contribution in [0.3, 0.4) is 0 Å². The number of fused-ring (bicyclic) bond motifs is 2. The molecule has 3 aromatic heterocycles. The van der Waals surface area contributed by atoms with Gasteiger partial charge in [0.05, 0.1) is 11.4 Å². The Balaban J connectivity index is 1.90. The molecule has 0 bridgehead atoms. The summed E-state index contributed by atoms with van der Waals surface area (Å²) >= 11 is 0. The van der Waals surface area contributed by atoms with E-state index in [0.29, 0.717) is 33.5 Å². The minimum Gasteiger partial charge on any atom is -0.381 e. The fourth-order valence-corrected chi connectivity index (χ4v) is 3.41. The number of rotatable bonds is 2. The molecule has 0 radical (unpaired) electrons. The fraction of sp³-hybridized carbons (Fsp3) is 0. The highest BCUT2D eigenvalue weighted by Crippen LogP contribution is 2.35. The van der Waals surface area contributed by atoms with Crippen molar-refractivity contribution in [3.63, 3.8) is 0 Å². The number of hydrogen-bond donors (Lipinski definition) is 1. The molecule has 3 heterocycles. The number of aromatic nitrogens is 4. The third kappa shape index (κ3) is 2.48. The normalized spacial score (nSPS) is 11.4. The van der Waals surface area contributed by atoms with E-state index in [9.17, 15) is 8.78 Å². The summed E-state index contributed by atoms with van der Waals surface area (Å²) in [5, 5.41) is 0.646. The van der Waals surface area contributed by atoms with Crippen molar-refractivity contribution in [2.24, 2.45) is 0 Å². The van der Waals surface area contributed by atoms with Gasteiger partial charge < -0.3 is 5.73 Å². The van der Waals surface area contributed by atoms with Gasteiger partial charge >= 0.3 is 0 Å². The van der Waals surface area contributed by atoms with Crippen molar-refractivity contribution < 1.29 is 8.78 Å². The Morgan fingerprint density at radius 1 is 0.893 bits per heavy atom. The molecule has 5 aromatic rings. The molecular weight excluding hydrogens is 360 g/mol. The lowest BCUT2D eigenvalue weighted by Crippen LogP contribution is -2.04. The van der Waals surface area contributed by atoms with E-state index >= 15 is 0 Å². The van der Waals surface area contributed by atoms with Gasteiger partial charge in [0.2, 0.25) is 0 Å². The first-order chi connectivity index (χ1) is 13.6. The molecule has 0 aliphatic carbocycles. The Kier molecular flexibility index (Phi) is 3.55. The fourth-order valence-electron chi connectivity index (χ4n) is 3.41. The summed E-state index contributed by atoms with van der Waals surface area (Å²) in [5.41, 5.74) is 8.90. The van der Waals surface area contributed by atoms with Crippen molar-refractivity contribution in [3.8, 4) is 22.5 Å². The standard InChI is InChI=1S/C21H13F2N5/c22-15-5-1-3-13(10-15)18-19(28-8-7-26-21(28)20(24)27-18)14-9-12-4-2-6-25-17(12)16(23)11-14/h1-11H,(H2,24,27). The molecule has 7 heteroatoms. The van der Waals surface area contributed by atoms with Crippen molar-refractivity contribution in [1.82, 2.24) is 19.4 Å². The molecule has 2 aromatic carbocycles. The van der Waals surface area contributed by atoms with Gasteiger partial charge in [0.25, 0.3) is 0 Å². The van der Waals surface area contributed by atoms with Crippen LogP contribution in [0.25, 0.3) is 39.1 Å². The Bertz CT molecular complexity index is 1360. The number of imidazole rings is 1. The lowest BCUT2D eigenvalue weighted by molar-refractivity contribution is 0.628. The Labute approximate surface area is 158 Å². The van der Waals surface area contributed by atoms with Crippen molar-refractivity contribution in [1.29, 1.82) is 0 Å². The maximum absolute atomic E-state index is 14.7. The molecule has 0 aliphatic rings. The van der Waals surface area contributed by atoms with E-state index in [4.69, 9.17) is 5.73 Å². The molecule has 0 spiro atoms. The summed E-state index contributed by atoms with van der Waals surface area (Å²) in [6, 6.07) is 12.8. The first-order valence-electron chi connectivity index (χ1n) is 8.55. The van der Waals surface area contributed by atoms with Crippen LogP contribution in [0.15, 0.2) is 67.1 Å². The maximum atomic E-state index is 14.7. The monoisotopic (exact) mass is 373 g/mol. The van der Waals surface area contributed by atoms with E-state index in [1.807, 2.05) is 6.07 Å². The van der Waals surface area contributed by atoms with E-state index in [1.165, 1.54) is 18.2 Å². The Morgan fingerprint density at radius 2 is 1.79 bits per heavy atom. The van der Waals surface area contributed by atoms with Crippen LogP contribution < -0.4 is 5.73 Å². The molecular formula is C21H13F2N5. The van der Waals surface area contributed by atoms with Gasteiger partial charge in [-0.15, -0.1) is 0 Å². The molecule has 28 heavy (non-hydrogen) atoms. The van der Waals surface area contributed by atoms with Gasteiger partial charge in [-0.05, 0) is 30.3 Å². The molecule has 0 aliphatic heterocycles. The summed E-state index contributed by atoms with van der Waals surface area (Å²) < 4.78 is 30.3. The quantitative estimate of drug-likeness (QED) is 0.496. The molecule has 136 valence electrons. The lowest BCUT2D eigenvalue weighted by atomic mass is 10.0. The van der Waals surface area contributed by atoms with Gasteiger partial charge in [-0.3, -0.25) is 9.38 Å². The second-order valence-corrected chi connectivity index (χ2v) is 6.36. The summed E-state index contributed by atoms with van der Waals surface area (Å²) in [6.45, 7) is 0. The average Bonchev–Trinajstić information content (AvgIpc) is 3.18. The molecule has 0 fully saturated rings. The topological polar surface area (TPSA) is 69.1 Å². The predicted molar refractivity (Wildman–Crippen MR) is 103 cm³/mol. The number of nitrogens with two attached hydrogens (primary N) is 1. The van der Waals surface area contributed by atoms with E-state index in [2.05, 4.69) is 15.0 Å². The summed E-state index contributed by atoms with van der Waals surface area (Å²) in [6.07, 6.45) is 4.85. The van der Waals surface area contributed by atoms with Crippen molar-refractivity contribution >= 4 is 22.4 Å². The number of hydrogen-bond acceptors (Lipinski definition) is 4. The van der Waals surface area contributed by atoms with Crippen LogP contribution in [0, 0.1) is 11.6 Å². The zero-order chi connectivity index (χ0) is 19.3. The van der Waals surface area contributed by atoms with Gasteiger partial charge in [0, 0.05) is 35.1 Å². The number of halogens is 2. The number of anilines is 1. The number of benzene rings is 2.